The first-order valence-corrected chi connectivity index (χ1v) is 10.5. The molecule has 0 atom stereocenters. The Morgan fingerprint density at radius 2 is 1.73 bits per heavy atom. The van der Waals surface area contributed by atoms with E-state index in [0.717, 1.165) is 17.3 Å². The summed E-state index contributed by atoms with van der Waals surface area (Å²) in [7, 11) is -3.50. The highest BCUT2D eigenvalue weighted by atomic mass is 79.9. The number of amides is 1. The predicted molar refractivity (Wildman–Crippen MR) is 103 cm³/mol. The van der Waals surface area contributed by atoms with Gasteiger partial charge in [0.1, 0.15) is 5.75 Å². The maximum atomic E-state index is 12.2. The molecule has 1 amide bonds. The number of anilines is 1. The molecule has 26 heavy (non-hydrogen) atoms. The molecule has 8 heteroatoms. The molecule has 0 unspecified atom stereocenters. The zero-order valence-corrected chi connectivity index (χ0v) is 16.3. The summed E-state index contributed by atoms with van der Waals surface area (Å²) in [4.78, 5) is 12.1. The lowest BCUT2D eigenvalue weighted by atomic mass is 10.3. The fraction of sp³-hybridized carbons (Fsp3) is 0.278. The standard InChI is InChI=1S/C18H19BrN2O4S/c19-14-3-7-16(8-4-14)25-12-18(22)21-15-5-9-17(10-6-15)26(23,24)20-11-13-1-2-13/h3-10,13,20H,1-2,11-12H2,(H,21,22). The van der Waals surface area contributed by atoms with Crippen molar-refractivity contribution in [2.75, 3.05) is 18.5 Å². The molecule has 0 heterocycles. The molecule has 3 rings (SSSR count). The minimum Gasteiger partial charge on any atom is -0.484 e. The highest BCUT2D eigenvalue weighted by Gasteiger charge is 2.24. The fourth-order valence-electron chi connectivity index (χ4n) is 2.23. The van der Waals surface area contributed by atoms with E-state index in [0.29, 0.717) is 23.9 Å². The monoisotopic (exact) mass is 438 g/mol. The third-order valence-electron chi connectivity index (χ3n) is 3.89. The predicted octanol–water partition coefficient (Wildman–Crippen LogP) is 3.15. The Bertz CT molecular complexity index is 863. The van der Waals surface area contributed by atoms with Gasteiger partial charge in [0.25, 0.3) is 5.91 Å². The summed E-state index contributed by atoms with van der Waals surface area (Å²) < 4.78 is 33.2. The van der Waals surface area contributed by atoms with Gasteiger partial charge < -0.3 is 10.1 Å². The molecule has 138 valence electrons. The minimum atomic E-state index is -3.50. The smallest absolute Gasteiger partial charge is 0.262 e. The molecular formula is C18H19BrN2O4S. The summed E-state index contributed by atoms with van der Waals surface area (Å²) in [5, 5.41) is 2.67. The average molecular weight is 439 g/mol. The third-order valence-corrected chi connectivity index (χ3v) is 5.86. The Labute approximate surface area is 161 Å². The van der Waals surface area contributed by atoms with E-state index in [1.165, 1.54) is 12.1 Å². The number of hydrogen-bond donors (Lipinski definition) is 2. The van der Waals surface area contributed by atoms with Gasteiger partial charge in [-0.1, -0.05) is 15.9 Å². The quantitative estimate of drug-likeness (QED) is 0.662. The molecule has 6 nitrogen and oxygen atoms in total. The van der Waals surface area contributed by atoms with Crippen molar-refractivity contribution in [2.45, 2.75) is 17.7 Å². The average Bonchev–Trinajstić information content (AvgIpc) is 3.45. The first kappa shape index (κ1) is 18.9. The first-order chi connectivity index (χ1) is 12.4. The summed E-state index contributed by atoms with van der Waals surface area (Å²) in [6.45, 7) is 0.346. The second kappa shape index (κ2) is 8.20. The number of halogens is 1. The van der Waals surface area contributed by atoms with Crippen molar-refractivity contribution in [3.8, 4) is 5.75 Å². The Morgan fingerprint density at radius 3 is 2.35 bits per heavy atom. The molecular weight excluding hydrogens is 420 g/mol. The molecule has 0 aromatic heterocycles. The van der Waals surface area contributed by atoms with E-state index in [4.69, 9.17) is 4.74 Å². The summed E-state index contributed by atoms with van der Waals surface area (Å²) in [6.07, 6.45) is 2.16. The van der Waals surface area contributed by atoms with Crippen LogP contribution in [0.4, 0.5) is 5.69 Å². The van der Waals surface area contributed by atoms with Crippen LogP contribution in [0.2, 0.25) is 0 Å². The van der Waals surface area contributed by atoms with E-state index in [1.54, 1.807) is 24.3 Å². The van der Waals surface area contributed by atoms with Gasteiger partial charge in [0.15, 0.2) is 6.61 Å². The number of rotatable bonds is 8. The Balaban J connectivity index is 1.51. The van der Waals surface area contributed by atoms with Crippen LogP contribution in [0.15, 0.2) is 57.9 Å². The number of ether oxygens (including phenoxy) is 1. The van der Waals surface area contributed by atoms with E-state index in [1.807, 2.05) is 12.1 Å². The Kier molecular flexibility index (Phi) is 5.95. The molecule has 1 aliphatic rings. The summed E-state index contributed by atoms with van der Waals surface area (Å²) >= 11 is 3.33. The second-order valence-electron chi connectivity index (χ2n) is 6.11. The van der Waals surface area contributed by atoms with Gasteiger partial charge in [-0.2, -0.15) is 0 Å². The molecule has 1 fully saturated rings. The summed E-state index contributed by atoms with van der Waals surface area (Å²) in [5.41, 5.74) is 0.510. The third kappa shape index (κ3) is 5.55. The van der Waals surface area contributed by atoms with Crippen LogP contribution in [0.1, 0.15) is 12.8 Å². The van der Waals surface area contributed by atoms with E-state index in [-0.39, 0.29) is 17.4 Å². The molecule has 0 radical (unpaired) electrons. The van der Waals surface area contributed by atoms with E-state index in [9.17, 15) is 13.2 Å². The number of carbonyl (C=O) groups excluding carboxylic acids is 1. The minimum absolute atomic E-state index is 0.134. The van der Waals surface area contributed by atoms with Crippen molar-refractivity contribution >= 4 is 37.5 Å². The highest BCUT2D eigenvalue weighted by molar-refractivity contribution is 9.10. The van der Waals surface area contributed by atoms with Gasteiger partial charge in [0.05, 0.1) is 4.90 Å². The van der Waals surface area contributed by atoms with Gasteiger partial charge in [0.2, 0.25) is 10.0 Å². The lowest BCUT2D eigenvalue weighted by molar-refractivity contribution is -0.118. The lowest BCUT2D eigenvalue weighted by Crippen LogP contribution is -2.25. The van der Waals surface area contributed by atoms with Crippen molar-refractivity contribution in [1.29, 1.82) is 0 Å². The molecule has 1 saturated carbocycles. The van der Waals surface area contributed by atoms with Gasteiger partial charge in [-0.15, -0.1) is 0 Å². The highest BCUT2D eigenvalue weighted by Crippen LogP contribution is 2.28. The van der Waals surface area contributed by atoms with Crippen molar-refractivity contribution in [3.05, 3.63) is 53.0 Å². The van der Waals surface area contributed by atoms with Crippen molar-refractivity contribution < 1.29 is 17.9 Å². The van der Waals surface area contributed by atoms with Crippen LogP contribution in [0.5, 0.6) is 5.75 Å². The van der Waals surface area contributed by atoms with E-state index >= 15 is 0 Å². The fourth-order valence-corrected chi connectivity index (χ4v) is 3.61. The van der Waals surface area contributed by atoms with Crippen molar-refractivity contribution in [3.63, 3.8) is 0 Å². The maximum absolute atomic E-state index is 12.2. The lowest BCUT2D eigenvalue weighted by Gasteiger charge is -2.09. The zero-order chi connectivity index (χ0) is 18.6. The number of carbonyl (C=O) groups is 1. The van der Waals surface area contributed by atoms with Crippen LogP contribution in [0, 0.1) is 5.92 Å². The van der Waals surface area contributed by atoms with Gasteiger partial charge in [-0.25, -0.2) is 13.1 Å². The van der Waals surface area contributed by atoms with Gasteiger partial charge in [-0.3, -0.25) is 4.79 Å². The normalized spacial score (nSPS) is 14.0. The first-order valence-electron chi connectivity index (χ1n) is 8.20. The van der Waals surface area contributed by atoms with E-state index < -0.39 is 10.0 Å². The Hall–Kier alpha value is -1.90. The molecule has 2 aromatic carbocycles. The molecule has 2 aromatic rings. The SMILES string of the molecule is O=C(COc1ccc(Br)cc1)Nc1ccc(S(=O)(=O)NCC2CC2)cc1. The Morgan fingerprint density at radius 1 is 1.08 bits per heavy atom. The number of sulfonamides is 1. The van der Waals surface area contributed by atoms with Gasteiger partial charge in [0, 0.05) is 16.7 Å². The largest absolute Gasteiger partial charge is 0.484 e. The van der Waals surface area contributed by atoms with Crippen LogP contribution in [0.25, 0.3) is 0 Å². The van der Waals surface area contributed by atoms with Gasteiger partial charge in [-0.05, 0) is 67.3 Å². The van der Waals surface area contributed by atoms with Crippen LogP contribution in [-0.4, -0.2) is 27.5 Å². The van der Waals surface area contributed by atoms with Crippen LogP contribution in [-0.2, 0) is 14.8 Å². The van der Waals surface area contributed by atoms with Crippen LogP contribution >= 0.6 is 15.9 Å². The van der Waals surface area contributed by atoms with Crippen LogP contribution in [0.3, 0.4) is 0 Å². The maximum Gasteiger partial charge on any atom is 0.262 e. The molecule has 0 bridgehead atoms. The second-order valence-corrected chi connectivity index (χ2v) is 8.79. The van der Waals surface area contributed by atoms with Crippen molar-refractivity contribution in [1.82, 2.24) is 4.72 Å². The molecule has 0 spiro atoms. The van der Waals surface area contributed by atoms with Crippen molar-refractivity contribution in [2.24, 2.45) is 5.92 Å². The zero-order valence-electron chi connectivity index (χ0n) is 13.9. The molecule has 0 saturated heterocycles. The summed E-state index contributed by atoms with van der Waals surface area (Å²) in [5.74, 6) is 0.732. The molecule has 0 aliphatic heterocycles. The molecule has 2 N–H and O–H groups in total. The number of nitrogens with one attached hydrogen (secondary N) is 2. The van der Waals surface area contributed by atoms with Crippen LogP contribution < -0.4 is 14.8 Å². The topological polar surface area (TPSA) is 84.5 Å². The molecule has 1 aliphatic carbocycles. The number of benzene rings is 2. The van der Waals surface area contributed by atoms with E-state index in [2.05, 4.69) is 26.0 Å². The summed E-state index contributed by atoms with van der Waals surface area (Å²) in [6, 6.07) is 13.2. The van der Waals surface area contributed by atoms with Gasteiger partial charge >= 0.3 is 0 Å². The number of hydrogen-bond acceptors (Lipinski definition) is 4.